The molecule has 0 amide bonds. The summed E-state index contributed by atoms with van der Waals surface area (Å²) in [6.45, 7) is 5.80. The van der Waals surface area contributed by atoms with Crippen LogP contribution in [-0.4, -0.2) is 38.4 Å². The van der Waals surface area contributed by atoms with Crippen LogP contribution in [-0.2, 0) is 10.0 Å². The lowest BCUT2D eigenvalue weighted by Crippen LogP contribution is -2.51. The van der Waals surface area contributed by atoms with E-state index in [1.165, 1.54) is 11.3 Å². The number of sulfonamides is 1. The second-order valence-corrected chi connectivity index (χ2v) is 8.68. The Morgan fingerprint density at radius 1 is 1.59 bits per heavy atom. The standard InChI is InChI=1S/C10H15BrN2O2S2/c1-7-5-9(16-10(7)11)17(14,15)13-4-3-12-6-8(13)2/h5,8,12H,3-4,6H2,1-2H3. The third kappa shape index (κ3) is 2.58. The second kappa shape index (κ2) is 4.97. The van der Waals surface area contributed by atoms with Crippen LogP contribution in [0.1, 0.15) is 12.5 Å². The molecule has 0 radical (unpaired) electrons. The summed E-state index contributed by atoms with van der Waals surface area (Å²) in [7, 11) is -3.33. The summed E-state index contributed by atoms with van der Waals surface area (Å²) in [5.74, 6) is 0. The number of halogens is 1. The van der Waals surface area contributed by atoms with Crippen molar-refractivity contribution >= 4 is 37.3 Å². The maximum Gasteiger partial charge on any atom is 0.252 e. The van der Waals surface area contributed by atoms with E-state index in [2.05, 4.69) is 21.2 Å². The van der Waals surface area contributed by atoms with E-state index < -0.39 is 10.0 Å². The number of hydrogen-bond acceptors (Lipinski definition) is 4. The van der Waals surface area contributed by atoms with Crippen LogP contribution in [0.4, 0.5) is 0 Å². The molecule has 0 saturated carbocycles. The van der Waals surface area contributed by atoms with Crippen LogP contribution >= 0.6 is 27.3 Å². The van der Waals surface area contributed by atoms with E-state index in [1.807, 2.05) is 13.8 Å². The highest BCUT2D eigenvalue weighted by molar-refractivity contribution is 9.11. The monoisotopic (exact) mass is 338 g/mol. The van der Waals surface area contributed by atoms with Crippen molar-refractivity contribution in [3.63, 3.8) is 0 Å². The maximum atomic E-state index is 12.5. The lowest BCUT2D eigenvalue weighted by molar-refractivity contribution is 0.284. The molecule has 1 unspecified atom stereocenters. The van der Waals surface area contributed by atoms with Gasteiger partial charge in [0.2, 0.25) is 0 Å². The quantitative estimate of drug-likeness (QED) is 0.894. The first-order valence-corrected chi connectivity index (χ1v) is 8.46. The zero-order valence-electron chi connectivity index (χ0n) is 9.73. The lowest BCUT2D eigenvalue weighted by Gasteiger charge is -2.32. The number of aryl methyl sites for hydroxylation is 1. The number of nitrogens with one attached hydrogen (secondary N) is 1. The molecule has 1 aromatic rings. The molecule has 0 aromatic carbocycles. The van der Waals surface area contributed by atoms with E-state index in [4.69, 9.17) is 0 Å². The summed E-state index contributed by atoms with van der Waals surface area (Å²) in [6.07, 6.45) is 0. The van der Waals surface area contributed by atoms with Gasteiger partial charge in [0, 0.05) is 25.7 Å². The molecule has 0 aliphatic carbocycles. The fraction of sp³-hybridized carbons (Fsp3) is 0.600. The zero-order valence-corrected chi connectivity index (χ0v) is 13.0. The SMILES string of the molecule is Cc1cc(S(=O)(=O)N2CCNCC2C)sc1Br. The summed E-state index contributed by atoms with van der Waals surface area (Å²) in [5.41, 5.74) is 0.969. The van der Waals surface area contributed by atoms with Crippen molar-refractivity contribution in [2.24, 2.45) is 0 Å². The average Bonchev–Trinajstić information content (AvgIpc) is 2.60. The van der Waals surface area contributed by atoms with Crippen LogP contribution in [0.3, 0.4) is 0 Å². The number of hydrogen-bond donors (Lipinski definition) is 1. The van der Waals surface area contributed by atoms with Crippen molar-refractivity contribution in [2.45, 2.75) is 24.1 Å². The molecule has 1 aromatic heterocycles. The molecule has 2 rings (SSSR count). The molecular weight excluding hydrogens is 324 g/mol. The number of piperazine rings is 1. The van der Waals surface area contributed by atoms with E-state index in [0.29, 0.717) is 17.3 Å². The van der Waals surface area contributed by atoms with Crippen LogP contribution in [0, 0.1) is 6.92 Å². The van der Waals surface area contributed by atoms with Crippen LogP contribution in [0.25, 0.3) is 0 Å². The Morgan fingerprint density at radius 2 is 2.29 bits per heavy atom. The summed E-state index contributed by atoms with van der Waals surface area (Å²) in [6, 6.07) is 1.74. The van der Waals surface area contributed by atoms with Gasteiger partial charge in [-0.1, -0.05) is 0 Å². The van der Waals surface area contributed by atoms with E-state index >= 15 is 0 Å². The van der Waals surface area contributed by atoms with E-state index in [0.717, 1.165) is 15.9 Å². The molecule has 1 saturated heterocycles. The smallest absolute Gasteiger partial charge is 0.252 e. The fourth-order valence-corrected chi connectivity index (χ4v) is 5.84. The van der Waals surface area contributed by atoms with Crippen molar-refractivity contribution in [3.8, 4) is 0 Å². The van der Waals surface area contributed by atoms with Crippen LogP contribution in [0.15, 0.2) is 14.1 Å². The molecular formula is C10H15BrN2O2S2. The van der Waals surface area contributed by atoms with Crippen LogP contribution < -0.4 is 5.32 Å². The summed E-state index contributed by atoms with van der Waals surface area (Å²) in [5, 5.41) is 3.19. The second-order valence-electron chi connectivity index (χ2n) is 4.19. The molecule has 1 fully saturated rings. The lowest BCUT2D eigenvalue weighted by atomic mass is 10.3. The molecule has 7 heteroatoms. The first-order chi connectivity index (χ1) is 7.93. The highest BCUT2D eigenvalue weighted by atomic mass is 79.9. The third-order valence-corrected chi connectivity index (χ3v) is 7.44. The van der Waals surface area contributed by atoms with Gasteiger partial charge in [0.15, 0.2) is 0 Å². The number of thiophene rings is 1. The van der Waals surface area contributed by atoms with E-state index in [9.17, 15) is 8.42 Å². The van der Waals surface area contributed by atoms with E-state index in [-0.39, 0.29) is 6.04 Å². The first-order valence-electron chi connectivity index (χ1n) is 5.41. The molecule has 17 heavy (non-hydrogen) atoms. The Labute approximate surface area is 114 Å². The van der Waals surface area contributed by atoms with Gasteiger partial charge in [0.25, 0.3) is 10.0 Å². The molecule has 0 spiro atoms. The zero-order chi connectivity index (χ0) is 12.6. The van der Waals surface area contributed by atoms with Gasteiger partial charge in [-0.3, -0.25) is 0 Å². The molecule has 4 nitrogen and oxygen atoms in total. The van der Waals surface area contributed by atoms with Gasteiger partial charge in [0.05, 0.1) is 3.79 Å². The van der Waals surface area contributed by atoms with Gasteiger partial charge >= 0.3 is 0 Å². The molecule has 1 aliphatic rings. The number of rotatable bonds is 2. The van der Waals surface area contributed by atoms with Crippen molar-refractivity contribution in [1.29, 1.82) is 0 Å². The van der Waals surface area contributed by atoms with Crippen LogP contribution in [0.5, 0.6) is 0 Å². The highest BCUT2D eigenvalue weighted by Crippen LogP contribution is 2.33. The van der Waals surface area contributed by atoms with Gasteiger partial charge < -0.3 is 5.32 Å². The Hall–Kier alpha value is 0.0500. The van der Waals surface area contributed by atoms with Crippen molar-refractivity contribution < 1.29 is 8.42 Å². The Kier molecular flexibility index (Phi) is 3.94. The molecule has 1 aliphatic heterocycles. The fourth-order valence-electron chi connectivity index (χ4n) is 1.85. The topological polar surface area (TPSA) is 49.4 Å². The van der Waals surface area contributed by atoms with Gasteiger partial charge in [0.1, 0.15) is 4.21 Å². The van der Waals surface area contributed by atoms with Crippen molar-refractivity contribution in [3.05, 3.63) is 15.4 Å². The summed E-state index contributed by atoms with van der Waals surface area (Å²) >= 11 is 4.65. The Bertz CT molecular complexity index is 493. The molecule has 1 N–H and O–H groups in total. The molecule has 2 heterocycles. The van der Waals surface area contributed by atoms with E-state index in [1.54, 1.807) is 10.4 Å². The van der Waals surface area contributed by atoms with Gasteiger partial charge in [-0.2, -0.15) is 4.31 Å². The van der Waals surface area contributed by atoms with Gasteiger partial charge in [-0.25, -0.2) is 8.42 Å². The predicted molar refractivity (Wildman–Crippen MR) is 73.0 cm³/mol. The normalized spacial score (nSPS) is 22.9. The highest BCUT2D eigenvalue weighted by Gasteiger charge is 2.32. The summed E-state index contributed by atoms with van der Waals surface area (Å²) in [4.78, 5) is 0. The average molecular weight is 339 g/mol. The molecule has 0 bridgehead atoms. The van der Waals surface area contributed by atoms with Crippen molar-refractivity contribution in [2.75, 3.05) is 19.6 Å². The third-order valence-electron chi connectivity index (χ3n) is 2.84. The van der Waals surface area contributed by atoms with Crippen molar-refractivity contribution in [1.82, 2.24) is 9.62 Å². The first kappa shape index (κ1) is 13.5. The van der Waals surface area contributed by atoms with Gasteiger partial charge in [-0.05, 0) is 41.4 Å². The summed E-state index contributed by atoms with van der Waals surface area (Å²) < 4.78 is 27.8. The Balaban J connectivity index is 2.35. The largest absolute Gasteiger partial charge is 0.314 e. The molecule has 1 atom stereocenters. The number of nitrogens with zero attached hydrogens (tertiary/aromatic N) is 1. The van der Waals surface area contributed by atoms with Crippen LogP contribution in [0.2, 0.25) is 0 Å². The Morgan fingerprint density at radius 3 is 2.82 bits per heavy atom. The molecule has 96 valence electrons. The minimum atomic E-state index is -3.33. The predicted octanol–water partition coefficient (Wildman–Crippen LogP) is 1.80. The van der Waals surface area contributed by atoms with Gasteiger partial charge in [-0.15, -0.1) is 11.3 Å². The minimum absolute atomic E-state index is 0.00920. The maximum absolute atomic E-state index is 12.5. The minimum Gasteiger partial charge on any atom is -0.314 e.